The quantitative estimate of drug-likeness (QED) is 0.455. The zero-order valence-corrected chi connectivity index (χ0v) is 12.5. The van der Waals surface area contributed by atoms with Crippen LogP contribution in [-0.2, 0) is 6.42 Å². The van der Waals surface area contributed by atoms with Crippen LogP contribution in [0.25, 0.3) is 0 Å². The number of halogens is 3. The van der Waals surface area contributed by atoms with E-state index >= 15 is 0 Å². The summed E-state index contributed by atoms with van der Waals surface area (Å²) in [7, 11) is 0. The van der Waals surface area contributed by atoms with E-state index in [9.17, 15) is 33.4 Å². The van der Waals surface area contributed by atoms with Crippen LogP contribution in [0.4, 0.5) is 30.2 Å². The van der Waals surface area contributed by atoms with Crippen molar-refractivity contribution in [3.8, 4) is 0 Å². The van der Waals surface area contributed by atoms with Gasteiger partial charge >= 0.3 is 17.7 Å². The highest BCUT2D eigenvalue weighted by molar-refractivity contribution is 5.72. The van der Waals surface area contributed by atoms with Crippen LogP contribution in [0, 0.1) is 20.2 Å². The van der Waals surface area contributed by atoms with E-state index in [0.29, 0.717) is 6.07 Å². The highest BCUT2D eigenvalue weighted by atomic mass is 19.4. The molecule has 0 saturated carbocycles. The van der Waals surface area contributed by atoms with Crippen molar-refractivity contribution >= 4 is 17.1 Å². The first-order valence-corrected chi connectivity index (χ1v) is 6.50. The molecule has 0 amide bonds. The molecule has 1 aromatic rings. The Morgan fingerprint density at radius 1 is 1.26 bits per heavy atom. The number of nitro groups is 2. The van der Waals surface area contributed by atoms with Crippen molar-refractivity contribution in [2.24, 2.45) is 0 Å². The molecule has 126 valence electrons. The topological polar surface area (TPSA) is 89.5 Å². The summed E-state index contributed by atoms with van der Waals surface area (Å²) in [5, 5.41) is 22.1. The summed E-state index contributed by atoms with van der Waals surface area (Å²) in [6.07, 6.45) is -3.80. The van der Waals surface area contributed by atoms with E-state index in [4.69, 9.17) is 0 Å². The SMILES string of the molecule is CC=C(C)N(c1ccc([N+](=O)[O-])c([N+](=O)[O-])c1CC)C(F)(F)F. The van der Waals surface area contributed by atoms with Crippen LogP contribution in [0.15, 0.2) is 23.9 Å². The largest absolute Gasteiger partial charge is 0.489 e. The first-order chi connectivity index (χ1) is 10.6. The number of alkyl halides is 3. The number of rotatable bonds is 5. The third-order valence-electron chi connectivity index (χ3n) is 3.23. The molecule has 0 radical (unpaired) electrons. The normalized spacial score (nSPS) is 12.2. The predicted molar refractivity (Wildman–Crippen MR) is 77.1 cm³/mol. The fraction of sp³-hybridized carbons (Fsp3) is 0.385. The molecule has 23 heavy (non-hydrogen) atoms. The van der Waals surface area contributed by atoms with Crippen LogP contribution in [0.5, 0.6) is 0 Å². The first-order valence-electron chi connectivity index (χ1n) is 6.50. The standard InChI is InChI=1S/C13H14F3N3O4/c1-4-8(3)17(13(14,15)16)10-6-7-11(18(20)21)12(19(22)23)9(10)5-2/h4,6-7H,5H2,1-3H3. The van der Waals surface area contributed by atoms with Gasteiger partial charge in [0.05, 0.1) is 21.1 Å². The molecule has 0 aliphatic carbocycles. The third kappa shape index (κ3) is 3.58. The Kier molecular flexibility index (Phi) is 5.30. The van der Waals surface area contributed by atoms with Crippen molar-refractivity contribution in [1.29, 1.82) is 0 Å². The average Bonchev–Trinajstić information content (AvgIpc) is 2.44. The van der Waals surface area contributed by atoms with Crippen LogP contribution in [0.1, 0.15) is 26.3 Å². The molecule has 0 N–H and O–H groups in total. The van der Waals surface area contributed by atoms with Crippen molar-refractivity contribution in [3.05, 3.63) is 49.7 Å². The van der Waals surface area contributed by atoms with E-state index in [-0.39, 0.29) is 22.6 Å². The van der Waals surface area contributed by atoms with Crippen LogP contribution < -0.4 is 4.90 Å². The van der Waals surface area contributed by atoms with E-state index in [1.807, 2.05) is 0 Å². The Morgan fingerprint density at radius 3 is 2.17 bits per heavy atom. The van der Waals surface area contributed by atoms with Gasteiger partial charge in [0.15, 0.2) is 0 Å². The Morgan fingerprint density at radius 2 is 1.83 bits per heavy atom. The highest BCUT2D eigenvalue weighted by Gasteiger charge is 2.42. The lowest BCUT2D eigenvalue weighted by molar-refractivity contribution is -0.422. The van der Waals surface area contributed by atoms with E-state index < -0.39 is 33.2 Å². The fourth-order valence-electron chi connectivity index (χ4n) is 2.18. The molecule has 0 heterocycles. The summed E-state index contributed by atoms with van der Waals surface area (Å²) in [6.45, 7) is 3.98. The highest BCUT2D eigenvalue weighted by Crippen LogP contribution is 2.42. The number of allylic oxidation sites excluding steroid dienone is 2. The summed E-state index contributed by atoms with van der Waals surface area (Å²) in [4.78, 5) is 20.0. The Bertz CT molecular complexity index is 671. The van der Waals surface area contributed by atoms with Gasteiger partial charge in [-0.05, 0) is 26.3 Å². The summed E-state index contributed by atoms with van der Waals surface area (Å²) < 4.78 is 40.0. The molecular formula is C13H14F3N3O4. The van der Waals surface area contributed by atoms with E-state index in [1.165, 1.54) is 26.8 Å². The summed E-state index contributed by atoms with van der Waals surface area (Å²) in [6, 6.07) is 1.60. The first kappa shape index (κ1) is 18.4. The molecule has 1 aromatic carbocycles. The lowest BCUT2D eigenvalue weighted by Gasteiger charge is -2.29. The summed E-state index contributed by atoms with van der Waals surface area (Å²) in [5.41, 5.74) is -2.80. The van der Waals surface area contributed by atoms with Gasteiger partial charge in [0.2, 0.25) is 0 Å². The van der Waals surface area contributed by atoms with Crippen LogP contribution in [-0.4, -0.2) is 16.1 Å². The lowest BCUT2D eigenvalue weighted by Crippen LogP contribution is -2.37. The van der Waals surface area contributed by atoms with Crippen LogP contribution in [0.3, 0.4) is 0 Å². The predicted octanol–water partition coefficient (Wildman–Crippen LogP) is 4.32. The van der Waals surface area contributed by atoms with Gasteiger partial charge in [-0.3, -0.25) is 25.1 Å². The molecule has 0 aliphatic rings. The zero-order chi connectivity index (χ0) is 17.9. The Labute approximate surface area is 129 Å². The second-order valence-electron chi connectivity index (χ2n) is 4.53. The van der Waals surface area contributed by atoms with Gasteiger partial charge in [0.25, 0.3) is 0 Å². The Hall–Kier alpha value is -2.65. The van der Waals surface area contributed by atoms with Gasteiger partial charge in [-0.25, -0.2) is 0 Å². The minimum Gasteiger partial charge on any atom is -0.258 e. The van der Waals surface area contributed by atoms with Gasteiger partial charge < -0.3 is 0 Å². The maximum Gasteiger partial charge on any atom is 0.489 e. The molecule has 10 heteroatoms. The molecule has 0 fully saturated rings. The lowest BCUT2D eigenvalue weighted by atomic mass is 10.0. The summed E-state index contributed by atoms with van der Waals surface area (Å²) in [5.74, 6) is 0. The minimum atomic E-state index is -4.83. The average molecular weight is 333 g/mol. The monoisotopic (exact) mass is 333 g/mol. The van der Waals surface area contributed by atoms with E-state index in [0.717, 1.165) is 6.07 Å². The Balaban J connectivity index is 3.81. The second kappa shape index (κ2) is 6.63. The van der Waals surface area contributed by atoms with E-state index in [2.05, 4.69) is 0 Å². The molecule has 7 nitrogen and oxygen atoms in total. The molecule has 0 aliphatic heterocycles. The van der Waals surface area contributed by atoms with Crippen LogP contribution >= 0.6 is 0 Å². The number of hydrogen-bond acceptors (Lipinski definition) is 5. The van der Waals surface area contributed by atoms with Crippen molar-refractivity contribution in [2.75, 3.05) is 4.90 Å². The third-order valence-corrected chi connectivity index (χ3v) is 3.23. The zero-order valence-electron chi connectivity index (χ0n) is 12.5. The van der Waals surface area contributed by atoms with E-state index in [1.54, 1.807) is 0 Å². The summed E-state index contributed by atoms with van der Waals surface area (Å²) >= 11 is 0. The van der Waals surface area contributed by atoms with Gasteiger partial charge in [-0.2, -0.15) is 0 Å². The molecule has 0 spiro atoms. The van der Waals surface area contributed by atoms with Gasteiger partial charge in [-0.1, -0.05) is 13.0 Å². The maximum atomic E-state index is 13.3. The molecule has 0 aromatic heterocycles. The van der Waals surface area contributed by atoms with Gasteiger partial charge in [0, 0.05) is 11.8 Å². The number of nitrogens with zero attached hydrogens (tertiary/aromatic N) is 3. The number of nitro benzene ring substituents is 2. The second-order valence-corrected chi connectivity index (χ2v) is 4.53. The maximum absolute atomic E-state index is 13.3. The minimum absolute atomic E-state index is 0.0252. The molecule has 0 saturated heterocycles. The van der Waals surface area contributed by atoms with Crippen molar-refractivity contribution in [1.82, 2.24) is 0 Å². The fourth-order valence-corrected chi connectivity index (χ4v) is 2.18. The van der Waals surface area contributed by atoms with Gasteiger partial charge in [-0.15, -0.1) is 13.2 Å². The molecule has 0 unspecified atom stereocenters. The van der Waals surface area contributed by atoms with Crippen molar-refractivity contribution < 1.29 is 23.0 Å². The molecule has 1 rings (SSSR count). The molecule has 0 atom stereocenters. The number of hydrogen-bond donors (Lipinski definition) is 0. The van der Waals surface area contributed by atoms with Crippen LogP contribution in [0.2, 0.25) is 0 Å². The van der Waals surface area contributed by atoms with Crippen molar-refractivity contribution in [3.63, 3.8) is 0 Å². The van der Waals surface area contributed by atoms with Crippen molar-refractivity contribution in [2.45, 2.75) is 33.5 Å². The number of benzene rings is 1. The van der Waals surface area contributed by atoms with Gasteiger partial charge in [0.1, 0.15) is 0 Å². The molecule has 0 bridgehead atoms. The smallest absolute Gasteiger partial charge is 0.258 e. The molecular weight excluding hydrogens is 319 g/mol. The number of anilines is 1.